The number of hydrogen-bond donors (Lipinski definition) is 0. The lowest BCUT2D eigenvalue weighted by molar-refractivity contribution is -0.140. The molecular formula is C21H33N3O2. The zero-order chi connectivity index (χ0) is 18.8. The molecule has 0 radical (unpaired) electrons. The van der Waals surface area contributed by atoms with E-state index in [1.807, 2.05) is 17.9 Å². The molecule has 0 unspecified atom stereocenters. The summed E-state index contributed by atoms with van der Waals surface area (Å²) in [5.41, 5.74) is 3.07. The van der Waals surface area contributed by atoms with E-state index in [9.17, 15) is 9.59 Å². The second-order valence-corrected chi connectivity index (χ2v) is 7.88. The summed E-state index contributed by atoms with van der Waals surface area (Å²) in [5, 5.41) is 0. The molecule has 144 valence electrons. The van der Waals surface area contributed by atoms with E-state index >= 15 is 0 Å². The Bertz CT molecular complexity index is 679. The lowest BCUT2D eigenvalue weighted by Gasteiger charge is -2.47. The summed E-state index contributed by atoms with van der Waals surface area (Å²) in [6.07, 6.45) is 4.65. The summed E-state index contributed by atoms with van der Waals surface area (Å²) in [5.74, 6) is 0.899. The molecule has 1 aromatic heterocycles. The Morgan fingerprint density at radius 1 is 1.23 bits per heavy atom. The number of carbonyl (C=O) groups excluding carboxylic acids is 2. The van der Waals surface area contributed by atoms with Gasteiger partial charge in [0.1, 0.15) is 0 Å². The van der Waals surface area contributed by atoms with Crippen molar-refractivity contribution in [3.8, 4) is 0 Å². The van der Waals surface area contributed by atoms with Gasteiger partial charge < -0.3 is 14.4 Å². The van der Waals surface area contributed by atoms with Crippen LogP contribution in [-0.2, 0) is 11.3 Å². The quantitative estimate of drug-likeness (QED) is 0.809. The largest absolute Gasteiger partial charge is 0.349 e. The molecule has 5 nitrogen and oxygen atoms in total. The highest BCUT2D eigenvalue weighted by Crippen LogP contribution is 2.32. The molecule has 0 aromatic carbocycles. The predicted octanol–water partition coefficient (Wildman–Crippen LogP) is 3.38. The Hall–Kier alpha value is -1.78. The molecule has 0 bridgehead atoms. The first-order chi connectivity index (χ1) is 12.5. The first-order valence-corrected chi connectivity index (χ1v) is 10.2. The van der Waals surface area contributed by atoms with Crippen LogP contribution in [0.4, 0.5) is 0 Å². The van der Waals surface area contributed by atoms with Gasteiger partial charge in [-0.2, -0.15) is 0 Å². The molecule has 0 N–H and O–H groups in total. The SMILES string of the molecule is CCCCN1C(=O)CC[C@H]2CN(C(=O)c3cc(C)n(CC)c3C)CC[C@H]21. The smallest absolute Gasteiger partial charge is 0.255 e. The number of unbranched alkanes of at least 4 members (excludes halogenated alkanes) is 1. The number of nitrogens with zero attached hydrogens (tertiary/aromatic N) is 3. The highest BCUT2D eigenvalue weighted by molar-refractivity contribution is 5.95. The van der Waals surface area contributed by atoms with E-state index in [0.717, 1.165) is 68.8 Å². The fourth-order valence-corrected chi connectivity index (χ4v) is 4.83. The Labute approximate surface area is 157 Å². The molecule has 0 spiro atoms. The average Bonchev–Trinajstić information content (AvgIpc) is 2.93. The molecule has 2 fully saturated rings. The van der Waals surface area contributed by atoms with Gasteiger partial charge in [0.2, 0.25) is 5.91 Å². The normalized spacial score (nSPS) is 23.3. The molecule has 2 saturated heterocycles. The molecule has 0 aliphatic carbocycles. The van der Waals surface area contributed by atoms with Crippen LogP contribution in [0.1, 0.15) is 67.7 Å². The minimum absolute atomic E-state index is 0.160. The van der Waals surface area contributed by atoms with Gasteiger partial charge in [0.05, 0.1) is 5.56 Å². The molecular weight excluding hydrogens is 326 g/mol. The topological polar surface area (TPSA) is 45.6 Å². The summed E-state index contributed by atoms with van der Waals surface area (Å²) in [6.45, 7) is 11.7. The van der Waals surface area contributed by atoms with Gasteiger partial charge in [-0.1, -0.05) is 13.3 Å². The molecule has 2 aliphatic rings. The maximum Gasteiger partial charge on any atom is 0.255 e. The van der Waals surface area contributed by atoms with Crippen molar-refractivity contribution in [3.63, 3.8) is 0 Å². The van der Waals surface area contributed by atoms with Crippen LogP contribution >= 0.6 is 0 Å². The fourth-order valence-electron chi connectivity index (χ4n) is 4.83. The van der Waals surface area contributed by atoms with E-state index in [0.29, 0.717) is 24.3 Å². The molecule has 2 amide bonds. The van der Waals surface area contributed by atoms with Crippen molar-refractivity contribution in [1.29, 1.82) is 0 Å². The van der Waals surface area contributed by atoms with Crippen LogP contribution < -0.4 is 0 Å². The fraction of sp³-hybridized carbons (Fsp3) is 0.714. The van der Waals surface area contributed by atoms with E-state index in [1.54, 1.807) is 0 Å². The minimum Gasteiger partial charge on any atom is -0.349 e. The number of aromatic nitrogens is 1. The Balaban J connectivity index is 1.72. The van der Waals surface area contributed by atoms with Crippen molar-refractivity contribution in [1.82, 2.24) is 14.4 Å². The summed E-state index contributed by atoms with van der Waals surface area (Å²) in [6, 6.07) is 2.36. The Kier molecular flexibility index (Phi) is 5.73. The van der Waals surface area contributed by atoms with Crippen LogP contribution in [-0.4, -0.2) is 51.9 Å². The molecule has 2 aliphatic heterocycles. The molecule has 26 heavy (non-hydrogen) atoms. The summed E-state index contributed by atoms with van der Waals surface area (Å²) < 4.78 is 2.20. The lowest BCUT2D eigenvalue weighted by atomic mass is 9.83. The third-order valence-electron chi connectivity index (χ3n) is 6.30. The van der Waals surface area contributed by atoms with Gasteiger partial charge in [-0.25, -0.2) is 0 Å². The number of amides is 2. The lowest BCUT2D eigenvalue weighted by Crippen LogP contribution is -2.57. The zero-order valence-electron chi connectivity index (χ0n) is 16.8. The monoisotopic (exact) mass is 359 g/mol. The zero-order valence-corrected chi connectivity index (χ0v) is 16.8. The number of rotatable bonds is 5. The van der Waals surface area contributed by atoms with Crippen molar-refractivity contribution in [2.24, 2.45) is 5.92 Å². The third-order valence-corrected chi connectivity index (χ3v) is 6.30. The van der Waals surface area contributed by atoms with E-state index in [1.165, 1.54) is 0 Å². The molecule has 3 rings (SSSR count). The number of aryl methyl sites for hydroxylation is 1. The van der Waals surface area contributed by atoms with Gasteiger partial charge in [0.15, 0.2) is 0 Å². The van der Waals surface area contributed by atoms with Crippen LogP contribution in [0, 0.1) is 19.8 Å². The average molecular weight is 360 g/mol. The number of likely N-dealkylation sites (tertiary alicyclic amines) is 2. The van der Waals surface area contributed by atoms with Crippen molar-refractivity contribution >= 4 is 11.8 Å². The number of fused-ring (bicyclic) bond motifs is 1. The van der Waals surface area contributed by atoms with Crippen molar-refractivity contribution < 1.29 is 9.59 Å². The summed E-state index contributed by atoms with van der Waals surface area (Å²) in [7, 11) is 0. The Morgan fingerprint density at radius 3 is 2.65 bits per heavy atom. The number of hydrogen-bond acceptors (Lipinski definition) is 2. The summed E-state index contributed by atoms with van der Waals surface area (Å²) in [4.78, 5) is 29.6. The van der Waals surface area contributed by atoms with Gasteiger partial charge in [0.25, 0.3) is 5.91 Å². The first-order valence-electron chi connectivity index (χ1n) is 10.2. The van der Waals surface area contributed by atoms with Gasteiger partial charge >= 0.3 is 0 Å². The van der Waals surface area contributed by atoms with Crippen LogP contribution in [0.5, 0.6) is 0 Å². The predicted molar refractivity (Wildman–Crippen MR) is 103 cm³/mol. The maximum atomic E-state index is 13.1. The molecule has 3 heterocycles. The van der Waals surface area contributed by atoms with Gasteiger partial charge in [-0.05, 0) is 52.0 Å². The van der Waals surface area contributed by atoms with Crippen LogP contribution in [0.2, 0.25) is 0 Å². The van der Waals surface area contributed by atoms with E-state index < -0.39 is 0 Å². The van der Waals surface area contributed by atoms with Gasteiger partial charge in [-0.3, -0.25) is 9.59 Å². The van der Waals surface area contributed by atoms with E-state index in [-0.39, 0.29) is 5.91 Å². The maximum absolute atomic E-state index is 13.1. The van der Waals surface area contributed by atoms with Crippen LogP contribution in [0.3, 0.4) is 0 Å². The van der Waals surface area contributed by atoms with E-state index in [2.05, 4.69) is 30.2 Å². The van der Waals surface area contributed by atoms with Gasteiger partial charge in [-0.15, -0.1) is 0 Å². The second kappa shape index (κ2) is 7.85. The number of carbonyl (C=O) groups is 2. The van der Waals surface area contributed by atoms with Crippen molar-refractivity contribution in [3.05, 3.63) is 23.0 Å². The third kappa shape index (κ3) is 3.40. The highest BCUT2D eigenvalue weighted by Gasteiger charge is 2.40. The van der Waals surface area contributed by atoms with Crippen LogP contribution in [0.25, 0.3) is 0 Å². The molecule has 0 saturated carbocycles. The van der Waals surface area contributed by atoms with E-state index in [4.69, 9.17) is 0 Å². The first kappa shape index (κ1) is 19.0. The van der Waals surface area contributed by atoms with Crippen LogP contribution in [0.15, 0.2) is 6.07 Å². The highest BCUT2D eigenvalue weighted by atomic mass is 16.2. The van der Waals surface area contributed by atoms with Crippen molar-refractivity contribution in [2.45, 2.75) is 72.4 Å². The minimum atomic E-state index is 0.160. The molecule has 2 atom stereocenters. The Morgan fingerprint density at radius 2 is 2.00 bits per heavy atom. The van der Waals surface area contributed by atoms with Gasteiger partial charge in [0, 0.05) is 50.0 Å². The molecule has 1 aromatic rings. The summed E-state index contributed by atoms with van der Waals surface area (Å²) >= 11 is 0. The standard InChI is InChI=1S/C21H33N3O2/c1-5-7-11-24-19-10-12-22(14-17(19)8-9-20(24)25)21(26)18-13-15(3)23(6-2)16(18)4/h13,17,19H,5-12,14H2,1-4H3/t17-,19+/m0/s1. The van der Waals surface area contributed by atoms with Crippen molar-refractivity contribution in [2.75, 3.05) is 19.6 Å². The number of piperidine rings is 2. The molecule has 5 heteroatoms. The second-order valence-electron chi connectivity index (χ2n) is 7.88.